The van der Waals surface area contributed by atoms with Gasteiger partial charge in [0.2, 0.25) is 0 Å². The minimum atomic E-state index is -4.37. The number of benzene rings is 1. The number of halogens is 5. The fourth-order valence-electron chi connectivity index (χ4n) is 0.680. The monoisotopic (exact) mass is 322 g/mol. The average Bonchev–Trinajstić information content (AvgIpc) is 1.94. The van der Waals surface area contributed by atoms with Crippen LogP contribution in [-0.2, 0) is 0 Å². The van der Waals surface area contributed by atoms with Crippen LogP contribution >= 0.6 is 34.4 Å². The zero-order chi connectivity index (χ0) is 10.1. The highest BCUT2D eigenvalue weighted by Crippen LogP contribution is 2.39. The molecule has 0 nitrogen and oxygen atoms in total. The lowest BCUT2D eigenvalue weighted by Crippen LogP contribution is -2.00. The number of thioether (sulfide) groups is 1. The highest BCUT2D eigenvalue weighted by molar-refractivity contribution is 14.1. The standard InChI is InChI=1S/C7H3F4IS/c8-4-1-2-5(12)6(3-4)13-7(9,10)11/h1-3H. The lowest BCUT2D eigenvalue weighted by molar-refractivity contribution is -0.0328. The van der Waals surface area contributed by atoms with Crippen LogP contribution in [0.25, 0.3) is 0 Å². The summed E-state index contributed by atoms with van der Waals surface area (Å²) in [4.78, 5) is -0.104. The van der Waals surface area contributed by atoms with Crippen molar-refractivity contribution in [3.05, 3.63) is 27.6 Å². The fraction of sp³-hybridized carbons (Fsp3) is 0.143. The molecule has 6 heteroatoms. The molecule has 0 heterocycles. The van der Waals surface area contributed by atoms with Gasteiger partial charge in [-0.2, -0.15) is 13.2 Å². The molecule has 0 aromatic heterocycles. The minimum Gasteiger partial charge on any atom is -0.207 e. The summed E-state index contributed by atoms with van der Waals surface area (Å²) in [6, 6.07) is 3.31. The molecule has 0 bridgehead atoms. The molecule has 0 amide bonds. The van der Waals surface area contributed by atoms with E-state index >= 15 is 0 Å². The molecule has 0 aliphatic carbocycles. The van der Waals surface area contributed by atoms with Gasteiger partial charge in [0, 0.05) is 8.47 Å². The van der Waals surface area contributed by atoms with E-state index in [1.54, 1.807) is 22.6 Å². The van der Waals surface area contributed by atoms with Crippen molar-refractivity contribution in [3.8, 4) is 0 Å². The lowest BCUT2D eigenvalue weighted by atomic mass is 10.3. The zero-order valence-electron chi connectivity index (χ0n) is 6.03. The second kappa shape index (κ2) is 4.04. The Labute approximate surface area is 89.8 Å². The van der Waals surface area contributed by atoms with Crippen LogP contribution in [0.2, 0.25) is 0 Å². The molecule has 1 aromatic carbocycles. The van der Waals surface area contributed by atoms with Crippen LogP contribution in [0.5, 0.6) is 0 Å². The molecule has 0 aliphatic heterocycles. The van der Waals surface area contributed by atoms with Gasteiger partial charge in [0.15, 0.2) is 0 Å². The molecule has 0 saturated heterocycles. The van der Waals surface area contributed by atoms with Crippen molar-refractivity contribution in [2.75, 3.05) is 0 Å². The van der Waals surface area contributed by atoms with Gasteiger partial charge in [0.1, 0.15) is 5.82 Å². The van der Waals surface area contributed by atoms with Crippen molar-refractivity contribution in [2.45, 2.75) is 10.4 Å². The Kier molecular flexibility index (Phi) is 3.44. The number of rotatable bonds is 1. The third kappa shape index (κ3) is 3.72. The number of hydrogen-bond acceptors (Lipinski definition) is 1. The summed E-state index contributed by atoms with van der Waals surface area (Å²) in [7, 11) is 0. The Morgan fingerprint density at radius 1 is 1.23 bits per heavy atom. The maximum absolute atomic E-state index is 12.5. The summed E-state index contributed by atoms with van der Waals surface area (Å²) >= 11 is 1.42. The van der Waals surface area contributed by atoms with Gasteiger partial charge in [-0.05, 0) is 52.6 Å². The third-order valence-corrected chi connectivity index (χ3v) is 3.21. The van der Waals surface area contributed by atoms with Gasteiger partial charge in [-0.1, -0.05) is 0 Å². The van der Waals surface area contributed by atoms with Gasteiger partial charge in [-0.25, -0.2) is 4.39 Å². The summed E-state index contributed by atoms with van der Waals surface area (Å²) in [5, 5.41) is 0. The molecule has 0 spiro atoms. The summed E-state index contributed by atoms with van der Waals surface area (Å²) in [6.07, 6.45) is 0. The van der Waals surface area contributed by atoms with Crippen LogP contribution in [0.3, 0.4) is 0 Å². The summed E-state index contributed by atoms with van der Waals surface area (Å²) in [5.74, 6) is -0.660. The Morgan fingerprint density at radius 3 is 2.38 bits per heavy atom. The number of alkyl halides is 3. The first kappa shape index (κ1) is 11.1. The molecule has 0 radical (unpaired) electrons. The Bertz CT molecular complexity index is 310. The van der Waals surface area contributed by atoms with E-state index in [2.05, 4.69) is 0 Å². The van der Waals surface area contributed by atoms with Crippen molar-refractivity contribution >= 4 is 34.4 Å². The predicted molar refractivity (Wildman–Crippen MR) is 51.0 cm³/mol. The summed E-state index contributed by atoms with van der Waals surface area (Å²) in [6.45, 7) is 0. The molecule has 1 aromatic rings. The lowest BCUT2D eigenvalue weighted by Gasteiger charge is -2.06. The predicted octanol–water partition coefficient (Wildman–Crippen LogP) is 4.04. The van der Waals surface area contributed by atoms with Crippen LogP contribution in [0, 0.1) is 9.39 Å². The minimum absolute atomic E-state index is 0.104. The normalized spacial score (nSPS) is 11.8. The van der Waals surface area contributed by atoms with E-state index in [1.807, 2.05) is 0 Å². The van der Waals surface area contributed by atoms with Crippen molar-refractivity contribution in [1.29, 1.82) is 0 Å². The van der Waals surface area contributed by atoms with Crippen LogP contribution in [0.4, 0.5) is 17.6 Å². The Balaban J connectivity index is 2.94. The van der Waals surface area contributed by atoms with Crippen molar-refractivity contribution in [3.63, 3.8) is 0 Å². The smallest absolute Gasteiger partial charge is 0.207 e. The van der Waals surface area contributed by atoms with Crippen LogP contribution in [0.15, 0.2) is 23.1 Å². The van der Waals surface area contributed by atoms with Gasteiger partial charge >= 0.3 is 5.51 Å². The third-order valence-electron chi connectivity index (χ3n) is 1.12. The van der Waals surface area contributed by atoms with E-state index in [1.165, 1.54) is 6.07 Å². The van der Waals surface area contributed by atoms with E-state index in [4.69, 9.17) is 0 Å². The van der Waals surface area contributed by atoms with Crippen molar-refractivity contribution < 1.29 is 17.6 Å². The van der Waals surface area contributed by atoms with Gasteiger partial charge in [-0.15, -0.1) is 0 Å². The van der Waals surface area contributed by atoms with E-state index < -0.39 is 11.3 Å². The van der Waals surface area contributed by atoms with E-state index in [9.17, 15) is 17.6 Å². The average molecular weight is 322 g/mol. The molecule has 72 valence electrons. The topological polar surface area (TPSA) is 0 Å². The molecular formula is C7H3F4IS. The summed E-state index contributed by atoms with van der Waals surface area (Å²) < 4.78 is 48.6. The molecule has 0 saturated carbocycles. The highest BCUT2D eigenvalue weighted by Gasteiger charge is 2.30. The highest BCUT2D eigenvalue weighted by atomic mass is 127. The quantitative estimate of drug-likeness (QED) is 0.427. The molecule has 0 fully saturated rings. The fourth-order valence-corrected chi connectivity index (χ4v) is 1.93. The zero-order valence-corrected chi connectivity index (χ0v) is 9.00. The second-order valence-electron chi connectivity index (χ2n) is 2.12. The molecule has 0 aliphatic rings. The molecule has 13 heavy (non-hydrogen) atoms. The first-order chi connectivity index (χ1) is 5.88. The molecule has 0 unspecified atom stereocenters. The maximum Gasteiger partial charge on any atom is 0.446 e. The van der Waals surface area contributed by atoms with Gasteiger partial charge in [0.05, 0.1) is 0 Å². The first-order valence-corrected chi connectivity index (χ1v) is 4.99. The Morgan fingerprint density at radius 2 is 1.85 bits per heavy atom. The Hall–Kier alpha value is 0.0200. The van der Waals surface area contributed by atoms with Gasteiger partial charge in [0.25, 0.3) is 0 Å². The van der Waals surface area contributed by atoms with Crippen LogP contribution in [0.1, 0.15) is 0 Å². The summed E-state index contributed by atoms with van der Waals surface area (Å²) in [5.41, 5.74) is -4.37. The first-order valence-electron chi connectivity index (χ1n) is 3.09. The van der Waals surface area contributed by atoms with E-state index in [0.717, 1.165) is 12.1 Å². The van der Waals surface area contributed by atoms with Crippen molar-refractivity contribution in [1.82, 2.24) is 0 Å². The maximum atomic E-state index is 12.5. The van der Waals surface area contributed by atoms with Crippen LogP contribution in [-0.4, -0.2) is 5.51 Å². The van der Waals surface area contributed by atoms with Gasteiger partial charge in [-0.3, -0.25) is 0 Å². The van der Waals surface area contributed by atoms with Crippen molar-refractivity contribution in [2.24, 2.45) is 0 Å². The largest absolute Gasteiger partial charge is 0.446 e. The number of hydrogen-bond donors (Lipinski definition) is 0. The van der Waals surface area contributed by atoms with E-state index in [0.29, 0.717) is 3.57 Å². The van der Waals surface area contributed by atoms with Crippen LogP contribution < -0.4 is 0 Å². The second-order valence-corrected chi connectivity index (χ2v) is 4.39. The molecular weight excluding hydrogens is 319 g/mol. The van der Waals surface area contributed by atoms with E-state index in [-0.39, 0.29) is 16.7 Å². The molecule has 0 N–H and O–H groups in total. The molecule has 1 rings (SSSR count). The molecule has 0 atom stereocenters. The SMILES string of the molecule is Fc1ccc(I)c(SC(F)(F)F)c1. The van der Waals surface area contributed by atoms with Gasteiger partial charge < -0.3 is 0 Å².